The van der Waals surface area contributed by atoms with Gasteiger partial charge in [0.1, 0.15) is 23.9 Å². The van der Waals surface area contributed by atoms with Gasteiger partial charge in [0.05, 0.1) is 18.1 Å². The summed E-state index contributed by atoms with van der Waals surface area (Å²) in [4.78, 5) is 27.7. The van der Waals surface area contributed by atoms with Crippen LogP contribution in [0.5, 0.6) is 0 Å². The Kier molecular flexibility index (Phi) is 4.74. The fourth-order valence-electron chi connectivity index (χ4n) is 6.66. The molecule has 0 radical (unpaired) electrons. The van der Waals surface area contributed by atoms with E-state index < -0.39 is 0 Å². The van der Waals surface area contributed by atoms with Crippen LogP contribution in [0.3, 0.4) is 0 Å². The van der Waals surface area contributed by atoms with Gasteiger partial charge in [-0.1, -0.05) is 12.1 Å². The van der Waals surface area contributed by atoms with E-state index in [1.807, 2.05) is 13.1 Å². The SMILES string of the molecule is CCN(CCO)c1ccc(C2C(=O)C3=C4[C+](C=N3)C(O)=C(C)C3CC5N=CCN5C2C43)cc1. The molecule has 3 heterocycles. The average Bonchev–Trinajstić information content (AvgIpc) is 3.48. The third-order valence-corrected chi connectivity index (χ3v) is 8.21. The van der Waals surface area contributed by atoms with Crippen LogP contribution in [-0.4, -0.2) is 71.8 Å². The van der Waals surface area contributed by atoms with Gasteiger partial charge >= 0.3 is 0 Å². The maximum absolute atomic E-state index is 13.9. The number of hydrogen-bond acceptors (Lipinski definition) is 7. The van der Waals surface area contributed by atoms with Crippen LogP contribution < -0.4 is 4.90 Å². The summed E-state index contributed by atoms with van der Waals surface area (Å²) in [5.41, 5.74) is 4.49. The van der Waals surface area contributed by atoms with Crippen LogP contribution in [0, 0.1) is 17.8 Å². The molecule has 7 heteroatoms. The van der Waals surface area contributed by atoms with Crippen LogP contribution in [0.25, 0.3) is 0 Å². The van der Waals surface area contributed by atoms with Gasteiger partial charge < -0.3 is 15.1 Å². The highest BCUT2D eigenvalue weighted by molar-refractivity contribution is 6.09. The Balaban J connectivity index is 1.46. The second kappa shape index (κ2) is 7.57. The van der Waals surface area contributed by atoms with E-state index >= 15 is 0 Å². The van der Waals surface area contributed by atoms with Crippen molar-refractivity contribution in [1.82, 2.24) is 4.90 Å². The van der Waals surface area contributed by atoms with Crippen molar-refractivity contribution in [2.24, 2.45) is 21.8 Å². The predicted molar refractivity (Wildman–Crippen MR) is 128 cm³/mol. The summed E-state index contributed by atoms with van der Waals surface area (Å²) in [5, 5.41) is 20.3. The third kappa shape index (κ3) is 2.82. The molecule has 6 rings (SSSR count). The number of allylic oxidation sites excluding steroid dienone is 3. The number of piperidine rings is 1. The van der Waals surface area contributed by atoms with E-state index in [0.717, 1.165) is 47.8 Å². The third-order valence-electron chi connectivity index (χ3n) is 8.21. The molecule has 0 spiro atoms. The smallest absolute Gasteiger partial charge is 0.244 e. The molecule has 1 saturated heterocycles. The molecule has 7 nitrogen and oxygen atoms in total. The van der Waals surface area contributed by atoms with Crippen LogP contribution in [0.2, 0.25) is 0 Å². The Morgan fingerprint density at radius 1 is 1.27 bits per heavy atom. The number of Topliss-reactive ketones (excluding diaryl/α,β-unsaturated/α-hetero) is 1. The number of nitrogens with zero attached hydrogens (tertiary/aromatic N) is 4. The lowest BCUT2D eigenvalue weighted by Crippen LogP contribution is -2.60. The van der Waals surface area contributed by atoms with Gasteiger partial charge in [-0.05, 0) is 24.6 Å². The van der Waals surface area contributed by atoms with E-state index in [1.165, 1.54) is 0 Å². The predicted octanol–water partition coefficient (Wildman–Crippen LogP) is 2.65. The minimum absolute atomic E-state index is 0.0205. The van der Waals surface area contributed by atoms with Crippen LogP contribution in [0.1, 0.15) is 31.7 Å². The molecule has 0 amide bonds. The molecule has 0 bridgehead atoms. The molecule has 1 aromatic rings. The van der Waals surface area contributed by atoms with E-state index in [1.54, 1.807) is 6.21 Å². The molecule has 5 aliphatic rings. The fourth-order valence-corrected chi connectivity index (χ4v) is 6.66. The lowest BCUT2D eigenvalue weighted by atomic mass is 9.57. The molecule has 5 unspecified atom stereocenters. The van der Waals surface area contributed by atoms with Crippen LogP contribution in [-0.2, 0) is 4.79 Å². The standard InChI is InChI=1S/C26H28N4O3/c1-3-29(10-11-31)16-6-4-15(5-7-16)20-24-22-17(12-19-27-8-9-30(19)24)14(2)25(32)18-13-28-23(21(18)22)26(20)33/h4-8,13,17,19-20,22,24,31H,3,9-12H2,1-2H3/p+1. The van der Waals surface area contributed by atoms with E-state index in [-0.39, 0.29) is 42.4 Å². The van der Waals surface area contributed by atoms with E-state index in [4.69, 9.17) is 4.99 Å². The second-order valence-corrected chi connectivity index (χ2v) is 9.57. The first kappa shape index (κ1) is 20.7. The molecule has 2 N–H and O–H groups in total. The van der Waals surface area contributed by atoms with Crippen LogP contribution in [0.4, 0.5) is 5.69 Å². The van der Waals surface area contributed by atoms with Gasteiger partial charge in [0.25, 0.3) is 0 Å². The number of likely N-dealkylation sites (N-methyl/N-ethyl adjacent to an activating group) is 1. The lowest BCUT2D eigenvalue weighted by molar-refractivity contribution is -0.121. The Morgan fingerprint density at radius 3 is 2.79 bits per heavy atom. The van der Waals surface area contributed by atoms with Gasteiger partial charge in [-0.15, -0.1) is 0 Å². The van der Waals surface area contributed by atoms with Crippen molar-refractivity contribution in [3.8, 4) is 0 Å². The molecule has 170 valence electrons. The van der Waals surface area contributed by atoms with Gasteiger partial charge in [0.2, 0.25) is 17.2 Å². The zero-order chi connectivity index (χ0) is 22.9. The number of anilines is 1. The van der Waals surface area contributed by atoms with Crippen molar-refractivity contribution in [2.75, 3.05) is 31.1 Å². The molecule has 33 heavy (non-hydrogen) atoms. The summed E-state index contributed by atoms with van der Waals surface area (Å²) in [6, 6.07) is 8.21. The normalized spacial score (nSPS) is 32.0. The largest absolute Gasteiger partial charge is 0.487 e. The molecule has 1 aromatic carbocycles. The zero-order valence-electron chi connectivity index (χ0n) is 19.0. The maximum Gasteiger partial charge on any atom is 0.244 e. The first-order chi connectivity index (χ1) is 16.0. The Labute approximate surface area is 193 Å². The molecule has 0 saturated carbocycles. The number of hydrogen-bond donors (Lipinski definition) is 2. The summed E-state index contributed by atoms with van der Waals surface area (Å²) in [7, 11) is 0. The number of carbonyl (C=O) groups excluding carboxylic acids is 1. The molecule has 5 atom stereocenters. The number of aliphatic imine (C=N–C) groups is 2. The van der Waals surface area contributed by atoms with Gasteiger partial charge in [-0.2, -0.15) is 4.99 Å². The van der Waals surface area contributed by atoms with Crippen molar-refractivity contribution < 1.29 is 15.0 Å². The van der Waals surface area contributed by atoms with Gasteiger partial charge in [0.15, 0.2) is 0 Å². The second-order valence-electron chi connectivity index (χ2n) is 9.57. The van der Waals surface area contributed by atoms with Crippen molar-refractivity contribution >= 4 is 23.9 Å². The lowest BCUT2D eigenvalue weighted by Gasteiger charge is -2.51. The van der Waals surface area contributed by atoms with Gasteiger partial charge in [-0.25, -0.2) is 0 Å². The summed E-state index contributed by atoms with van der Waals surface area (Å²) in [6.45, 7) is 6.32. The number of rotatable bonds is 5. The number of carbonyl (C=O) groups is 1. The molecule has 0 aromatic heterocycles. The summed E-state index contributed by atoms with van der Waals surface area (Å²) in [5.74, 6) is 1.00. The number of ketones is 1. The van der Waals surface area contributed by atoms with Crippen LogP contribution in [0.15, 0.2) is 56.9 Å². The van der Waals surface area contributed by atoms with E-state index in [2.05, 4.69) is 46.0 Å². The molecular formula is C26H29N4O3+. The number of aliphatic hydroxyl groups is 2. The van der Waals surface area contributed by atoms with E-state index in [0.29, 0.717) is 18.0 Å². The fraction of sp³-hybridized carbons (Fsp3) is 0.462. The van der Waals surface area contributed by atoms with Crippen LogP contribution >= 0.6 is 0 Å². The quantitative estimate of drug-likeness (QED) is 0.681. The zero-order valence-corrected chi connectivity index (χ0v) is 19.0. The Morgan fingerprint density at radius 2 is 2.06 bits per heavy atom. The molecule has 1 fully saturated rings. The summed E-state index contributed by atoms with van der Waals surface area (Å²) < 4.78 is 0. The number of aliphatic hydroxyl groups excluding tert-OH is 2. The Bertz CT molecular complexity index is 1120. The Hall–Kier alpha value is -2.90. The highest BCUT2D eigenvalue weighted by atomic mass is 16.3. The van der Waals surface area contributed by atoms with Gasteiger partial charge in [0, 0.05) is 62.8 Å². The maximum atomic E-state index is 13.9. The average molecular weight is 446 g/mol. The van der Waals surface area contributed by atoms with Crippen molar-refractivity contribution in [2.45, 2.75) is 38.4 Å². The molecule has 3 aliphatic heterocycles. The van der Waals surface area contributed by atoms with Crippen molar-refractivity contribution in [3.63, 3.8) is 0 Å². The molecular weight excluding hydrogens is 416 g/mol. The monoisotopic (exact) mass is 445 g/mol. The van der Waals surface area contributed by atoms with Crippen molar-refractivity contribution in [1.29, 1.82) is 0 Å². The van der Waals surface area contributed by atoms with Crippen molar-refractivity contribution in [3.05, 3.63) is 58.3 Å². The summed E-state index contributed by atoms with van der Waals surface area (Å²) in [6.07, 6.45) is 4.55. The number of fused-ring (bicyclic) bond motifs is 2. The molecule has 2 aliphatic carbocycles. The topological polar surface area (TPSA) is 88.7 Å². The van der Waals surface area contributed by atoms with E-state index in [9.17, 15) is 15.0 Å². The first-order valence-corrected chi connectivity index (χ1v) is 11.9. The summed E-state index contributed by atoms with van der Waals surface area (Å²) >= 11 is 0. The van der Waals surface area contributed by atoms with Gasteiger partial charge in [-0.3, -0.25) is 14.7 Å². The highest BCUT2D eigenvalue weighted by Gasteiger charge is 2.64. The highest BCUT2D eigenvalue weighted by Crippen LogP contribution is 2.58. The minimum Gasteiger partial charge on any atom is -0.487 e. The number of benzene rings is 1. The first-order valence-electron chi connectivity index (χ1n) is 11.9. The minimum atomic E-state index is -0.327.